The highest BCUT2D eigenvalue weighted by molar-refractivity contribution is 5.35. The number of phenols is 1. The van der Waals surface area contributed by atoms with E-state index in [1.54, 1.807) is 0 Å². The fraction of sp³-hybridized carbons (Fsp3) is 0.444. The van der Waals surface area contributed by atoms with Crippen molar-refractivity contribution in [3.8, 4) is 5.75 Å². The zero-order chi connectivity index (χ0) is 13.1. The van der Waals surface area contributed by atoms with Crippen LogP contribution in [0.4, 0.5) is 0 Å². The molecule has 1 unspecified atom stereocenters. The summed E-state index contributed by atoms with van der Waals surface area (Å²) in [5, 5.41) is 9.52. The quantitative estimate of drug-likeness (QED) is 0.809. The number of hydrogen-bond donors (Lipinski definition) is 1. The second-order valence-corrected chi connectivity index (χ2v) is 5.92. The first-order chi connectivity index (χ1) is 9.31. The second kappa shape index (κ2) is 5.24. The van der Waals surface area contributed by atoms with Crippen molar-refractivity contribution in [2.24, 2.45) is 5.92 Å². The van der Waals surface area contributed by atoms with E-state index in [0.29, 0.717) is 11.7 Å². The maximum atomic E-state index is 9.52. The fourth-order valence-electron chi connectivity index (χ4n) is 3.84. The highest BCUT2D eigenvalue weighted by Crippen LogP contribution is 2.47. The lowest BCUT2D eigenvalue weighted by Crippen LogP contribution is -2.36. The zero-order valence-corrected chi connectivity index (χ0v) is 11.4. The Balaban J connectivity index is 1.98. The van der Waals surface area contributed by atoms with Crippen LogP contribution in [0.15, 0.2) is 48.6 Å². The Kier molecular flexibility index (Phi) is 3.46. The Morgan fingerprint density at radius 1 is 0.947 bits per heavy atom. The van der Waals surface area contributed by atoms with Crippen molar-refractivity contribution in [1.82, 2.24) is 0 Å². The zero-order valence-electron chi connectivity index (χ0n) is 11.4. The van der Waals surface area contributed by atoms with E-state index in [2.05, 4.69) is 36.4 Å². The van der Waals surface area contributed by atoms with Crippen molar-refractivity contribution in [3.63, 3.8) is 0 Å². The van der Waals surface area contributed by atoms with E-state index in [1.165, 1.54) is 37.7 Å². The highest BCUT2D eigenvalue weighted by atomic mass is 16.3. The molecule has 0 saturated heterocycles. The van der Waals surface area contributed by atoms with Gasteiger partial charge in [-0.05, 0) is 42.9 Å². The van der Waals surface area contributed by atoms with E-state index in [9.17, 15) is 5.11 Å². The average molecular weight is 254 g/mol. The summed E-state index contributed by atoms with van der Waals surface area (Å²) >= 11 is 0. The van der Waals surface area contributed by atoms with Gasteiger partial charge in [0.25, 0.3) is 0 Å². The molecule has 0 amide bonds. The number of phenolic OH excluding ortho intramolecular Hbond substituents is 1. The molecule has 100 valence electrons. The molecular formula is C18H22O. The number of benzene rings is 1. The van der Waals surface area contributed by atoms with Crippen molar-refractivity contribution in [2.75, 3.05) is 0 Å². The van der Waals surface area contributed by atoms with Gasteiger partial charge in [0.2, 0.25) is 0 Å². The minimum absolute atomic E-state index is 0.285. The predicted octanol–water partition coefficient (Wildman–Crippen LogP) is 4.73. The molecule has 1 atom stereocenters. The number of aromatic hydroxyl groups is 1. The standard InChI is InChI=1S/C18H22O/c19-17-11-9-16(10-12-17)18(13-5-2-6-14-18)15-7-3-1-4-8-15/h1,3-4,7,9-12,15,19H,2,5-6,8,13-14H2. The molecule has 1 N–H and O–H groups in total. The van der Waals surface area contributed by atoms with Crippen molar-refractivity contribution in [3.05, 3.63) is 54.1 Å². The van der Waals surface area contributed by atoms with Crippen LogP contribution >= 0.6 is 0 Å². The van der Waals surface area contributed by atoms with Crippen LogP contribution in [0.5, 0.6) is 5.75 Å². The molecule has 1 saturated carbocycles. The van der Waals surface area contributed by atoms with E-state index in [0.717, 1.165) is 6.42 Å². The number of hydrogen-bond acceptors (Lipinski definition) is 1. The van der Waals surface area contributed by atoms with Crippen molar-refractivity contribution >= 4 is 0 Å². The highest BCUT2D eigenvalue weighted by Gasteiger charge is 2.39. The SMILES string of the molecule is Oc1ccc(C2(C3C=CC=CC3)CCCCC2)cc1. The first-order valence-electron chi connectivity index (χ1n) is 7.44. The monoisotopic (exact) mass is 254 g/mol. The molecule has 2 aliphatic rings. The smallest absolute Gasteiger partial charge is 0.115 e. The second-order valence-electron chi connectivity index (χ2n) is 5.92. The molecule has 0 bridgehead atoms. The van der Waals surface area contributed by atoms with Crippen LogP contribution < -0.4 is 0 Å². The normalized spacial score (nSPS) is 25.4. The summed E-state index contributed by atoms with van der Waals surface area (Å²) in [6, 6.07) is 7.95. The third-order valence-corrected chi connectivity index (χ3v) is 4.88. The van der Waals surface area contributed by atoms with Crippen LogP contribution in [0.25, 0.3) is 0 Å². The largest absolute Gasteiger partial charge is 0.508 e. The van der Waals surface area contributed by atoms with Crippen LogP contribution in [0.1, 0.15) is 44.1 Å². The van der Waals surface area contributed by atoms with Gasteiger partial charge >= 0.3 is 0 Å². The van der Waals surface area contributed by atoms with Crippen molar-refractivity contribution < 1.29 is 5.11 Å². The van der Waals surface area contributed by atoms with Gasteiger partial charge in [-0.25, -0.2) is 0 Å². The van der Waals surface area contributed by atoms with Gasteiger partial charge in [-0.15, -0.1) is 0 Å². The van der Waals surface area contributed by atoms with E-state index < -0.39 is 0 Å². The third kappa shape index (κ3) is 2.34. The molecule has 0 aromatic heterocycles. The lowest BCUT2D eigenvalue weighted by Gasteiger charge is -2.43. The van der Waals surface area contributed by atoms with Crippen LogP contribution in [-0.4, -0.2) is 5.11 Å². The number of rotatable bonds is 2. The van der Waals surface area contributed by atoms with Gasteiger partial charge in [-0.3, -0.25) is 0 Å². The molecule has 1 aromatic carbocycles. The third-order valence-electron chi connectivity index (χ3n) is 4.88. The molecule has 0 aliphatic heterocycles. The summed E-state index contributed by atoms with van der Waals surface area (Å²) in [5.41, 5.74) is 1.70. The van der Waals surface area contributed by atoms with Crippen molar-refractivity contribution in [1.29, 1.82) is 0 Å². The van der Waals surface area contributed by atoms with Crippen LogP contribution in [0.3, 0.4) is 0 Å². The first kappa shape index (κ1) is 12.5. The Bertz CT molecular complexity index is 475. The van der Waals surface area contributed by atoms with Crippen LogP contribution in [-0.2, 0) is 5.41 Å². The van der Waals surface area contributed by atoms with Gasteiger partial charge in [0, 0.05) is 5.41 Å². The molecular weight excluding hydrogens is 232 g/mol. The molecule has 0 heterocycles. The van der Waals surface area contributed by atoms with Gasteiger partial charge in [-0.1, -0.05) is 55.7 Å². The summed E-state index contributed by atoms with van der Waals surface area (Å²) in [6.07, 6.45) is 16.8. The first-order valence-corrected chi connectivity index (χ1v) is 7.44. The summed E-state index contributed by atoms with van der Waals surface area (Å²) in [4.78, 5) is 0. The summed E-state index contributed by atoms with van der Waals surface area (Å²) in [5.74, 6) is 0.983. The molecule has 0 radical (unpaired) electrons. The van der Waals surface area contributed by atoms with Gasteiger partial charge in [0.05, 0.1) is 0 Å². The van der Waals surface area contributed by atoms with Crippen LogP contribution in [0.2, 0.25) is 0 Å². The molecule has 2 aliphatic carbocycles. The van der Waals surface area contributed by atoms with E-state index in [4.69, 9.17) is 0 Å². The maximum absolute atomic E-state index is 9.52. The van der Waals surface area contributed by atoms with E-state index in [-0.39, 0.29) is 5.41 Å². The molecule has 1 nitrogen and oxygen atoms in total. The molecule has 1 heteroatoms. The lowest BCUT2D eigenvalue weighted by atomic mass is 9.60. The Labute approximate surface area is 115 Å². The molecule has 19 heavy (non-hydrogen) atoms. The van der Waals surface area contributed by atoms with Crippen LogP contribution in [0, 0.1) is 5.92 Å². The fourth-order valence-corrected chi connectivity index (χ4v) is 3.84. The van der Waals surface area contributed by atoms with Gasteiger partial charge in [-0.2, -0.15) is 0 Å². The van der Waals surface area contributed by atoms with E-state index >= 15 is 0 Å². The predicted molar refractivity (Wildman–Crippen MR) is 79.3 cm³/mol. The molecule has 3 rings (SSSR count). The average Bonchev–Trinajstić information content (AvgIpc) is 2.49. The molecule has 1 fully saturated rings. The summed E-state index contributed by atoms with van der Waals surface area (Å²) < 4.78 is 0. The van der Waals surface area contributed by atoms with E-state index in [1.807, 2.05) is 12.1 Å². The van der Waals surface area contributed by atoms with Gasteiger partial charge < -0.3 is 5.11 Å². The Hall–Kier alpha value is -1.50. The van der Waals surface area contributed by atoms with Gasteiger partial charge in [0.1, 0.15) is 5.75 Å². The lowest BCUT2D eigenvalue weighted by molar-refractivity contribution is 0.223. The number of allylic oxidation sites excluding steroid dienone is 4. The topological polar surface area (TPSA) is 20.2 Å². The molecule has 1 aromatic rings. The maximum Gasteiger partial charge on any atom is 0.115 e. The summed E-state index contributed by atoms with van der Waals surface area (Å²) in [6.45, 7) is 0. The Morgan fingerprint density at radius 3 is 2.32 bits per heavy atom. The van der Waals surface area contributed by atoms with Crippen molar-refractivity contribution in [2.45, 2.75) is 43.9 Å². The van der Waals surface area contributed by atoms with Gasteiger partial charge in [0.15, 0.2) is 0 Å². The Morgan fingerprint density at radius 2 is 1.68 bits per heavy atom. The minimum Gasteiger partial charge on any atom is -0.508 e. The molecule has 0 spiro atoms. The minimum atomic E-state index is 0.285. The summed E-state index contributed by atoms with van der Waals surface area (Å²) in [7, 11) is 0.